The van der Waals surface area contributed by atoms with E-state index in [0.717, 1.165) is 5.56 Å². The van der Waals surface area contributed by atoms with Gasteiger partial charge in [-0.3, -0.25) is 9.59 Å². The third-order valence-corrected chi connectivity index (χ3v) is 7.22. The van der Waals surface area contributed by atoms with Crippen molar-refractivity contribution < 1.29 is 14.7 Å². The quantitative estimate of drug-likeness (QED) is 0.350. The zero-order chi connectivity index (χ0) is 25.8. The molecule has 0 spiro atoms. The lowest BCUT2D eigenvalue weighted by Gasteiger charge is -2.31. The van der Waals surface area contributed by atoms with E-state index in [1.807, 2.05) is 30.3 Å². The molecule has 1 unspecified atom stereocenters. The van der Waals surface area contributed by atoms with Crippen molar-refractivity contribution in [3.8, 4) is 0 Å². The molecule has 1 heterocycles. The van der Waals surface area contributed by atoms with Crippen LogP contribution < -0.4 is 0 Å². The van der Waals surface area contributed by atoms with Crippen molar-refractivity contribution >= 4 is 70.2 Å². The summed E-state index contributed by atoms with van der Waals surface area (Å²) in [6.07, 6.45) is 2.27. The van der Waals surface area contributed by atoms with Crippen LogP contribution in [0.4, 0.5) is 0 Å². The number of carbonyl (C=O) groups excluding carboxylic acids is 2. The minimum absolute atomic E-state index is 0.0441. The van der Waals surface area contributed by atoms with E-state index in [1.165, 1.54) is 4.90 Å². The molecular formula is C28H21Cl4NO3. The van der Waals surface area contributed by atoms with E-state index in [1.54, 1.807) is 48.6 Å². The predicted octanol–water partition coefficient (Wildman–Crippen LogP) is 6.78. The molecule has 3 aromatic carbocycles. The van der Waals surface area contributed by atoms with Crippen LogP contribution >= 0.6 is 46.4 Å². The number of rotatable bonds is 5. The first-order valence-electron chi connectivity index (χ1n) is 11.1. The molecule has 1 atom stereocenters. The van der Waals surface area contributed by atoms with Crippen LogP contribution in [0.15, 0.2) is 77.9 Å². The molecular weight excluding hydrogens is 540 g/mol. The fraction of sp³-hybridized carbons (Fsp3) is 0.143. The van der Waals surface area contributed by atoms with Gasteiger partial charge >= 0.3 is 0 Å². The van der Waals surface area contributed by atoms with Crippen molar-refractivity contribution in [2.45, 2.75) is 12.5 Å². The normalized spacial score (nSPS) is 17.0. The summed E-state index contributed by atoms with van der Waals surface area (Å²) >= 11 is 24.4. The number of Topliss-reactive ketones (excluding diaryl/α,β-unsaturated/α-hetero) is 1. The van der Waals surface area contributed by atoms with Crippen molar-refractivity contribution in [3.63, 3.8) is 0 Å². The summed E-state index contributed by atoms with van der Waals surface area (Å²) in [4.78, 5) is 28.1. The number of piperidine rings is 1. The molecule has 1 N–H and O–H groups in total. The summed E-state index contributed by atoms with van der Waals surface area (Å²) < 4.78 is 0. The smallest absolute Gasteiger partial charge is 0.252 e. The fourth-order valence-corrected chi connectivity index (χ4v) is 4.55. The Bertz CT molecular complexity index is 1290. The summed E-state index contributed by atoms with van der Waals surface area (Å²) in [7, 11) is 0. The number of hydrogen-bond donors (Lipinski definition) is 1. The predicted molar refractivity (Wildman–Crippen MR) is 147 cm³/mol. The van der Waals surface area contributed by atoms with Crippen molar-refractivity contribution in [1.82, 2.24) is 4.90 Å². The average molecular weight is 561 g/mol. The highest BCUT2D eigenvalue weighted by Crippen LogP contribution is 2.28. The van der Waals surface area contributed by atoms with Gasteiger partial charge in [0.15, 0.2) is 5.78 Å². The maximum Gasteiger partial charge on any atom is 0.252 e. The summed E-state index contributed by atoms with van der Waals surface area (Å²) in [5, 5.41) is 12.2. The Labute approximate surface area is 229 Å². The van der Waals surface area contributed by atoms with Crippen LogP contribution in [0.25, 0.3) is 12.2 Å². The number of benzene rings is 3. The van der Waals surface area contributed by atoms with Crippen LogP contribution in [0.3, 0.4) is 0 Å². The number of ketones is 1. The standard InChI is InChI=1S/C28H21Cl4NO3/c29-22-8-6-18(12-24(22)31)10-20-15-33(28(36)26(34)14-17-4-2-1-3-5-17)16-21(27(20)35)11-19-7-9-23(30)25(32)13-19/h1-13,26,34H,14-16H2/b20-10+,21-11+. The molecule has 1 aliphatic rings. The molecule has 1 aliphatic heterocycles. The van der Waals surface area contributed by atoms with Crippen LogP contribution in [0.5, 0.6) is 0 Å². The van der Waals surface area contributed by atoms with Gasteiger partial charge in [0.2, 0.25) is 0 Å². The van der Waals surface area contributed by atoms with Crippen LogP contribution in [0.1, 0.15) is 16.7 Å². The number of hydrogen-bond acceptors (Lipinski definition) is 3. The minimum Gasteiger partial charge on any atom is -0.383 e. The molecule has 1 saturated heterocycles. The van der Waals surface area contributed by atoms with E-state index in [-0.39, 0.29) is 25.3 Å². The topological polar surface area (TPSA) is 57.6 Å². The van der Waals surface area contributed by atoms with Gasteiger partial charge in [0.1, 0.15) is 6.10 Å². The molecule has 0 saturated carbocycles. The zero-order valence-electron chi connectivity index (χ0n) is 18.9. The lowest BCUT2D eigenvalue weighted by molar-refractivity contribution is -0.140. The van der Waals surface area contributed by atoms with E-state index < -0.39 is 12.0 Å². The average Bonchev–Trinajstić information content (AvgIpc) is 2.86. The van der Waals surface area contributed by atoms with E-state index in [0.29, 0.717) is 42.4 Å². The highest BCUT2D eigenvalue weighted by molar-refractivity contribution is 6.42. The largest absolute Gasteiger partial charge is 0.383 e. The Kier molecular flexibility index (Phi) is 8.55. The number of halogens is 4. The second-order valence-corrected chi connectivity index (χ2v) is 10.0. The first-order chi connectivity index (χ1) is 17.2. The van der Waals surface area contributed by atoms with Crippen LogP contribution in [0, 0.1) is 0 Å². The summed E-state index contributed by atoms with van der Waals surface area (Å²) in [5.74, 6) is -0.680. The van der Waals surface area contributed by atoms with E-state index in [2.05, 4.69) is 0 Å². The number of aliphatic hydroxyl groups is 1. The van der Waals surface area contributed by atoms with Crippen LogP contribution in [0.2, 0.25) is 20.1 Å². The monoisotopic (exact) mass is 559 g/mol. The summed E-state index contributed by atoms with van der Waals surface area (Å²) in [5.41, 5.74) is 2.93. The van der Waals surface area contributed by atoms with Gasteiger partial charge in [-0.2, -0.15) is 0 Å². The lowest BCUT2D eigenvalue weighted by Crippen LogP contribution is -2.46. The number of amides is 1. The van der Waals surface area contributed by atoms with E-state index in [4.69, 9.17) is 46.4 Å². The first kappa shape index (κ1) is 26.5. The molecule has 8 heteroatoms. The summed E-state index contributed by atoms with van der Waals surface area (Å²) in [6.45, 7) is 0.0882. The molecule has 4 nitrogen and oxygen atoms in total. The Morgan fingerprint density at radius 3 is 1.78 bits per heavy atom. The summed E-state index contributed by atoms with van der Waals surface area (Å²) in [6, 6.07) is 19.3. The second kappa shape index (κ2) is 11.6. The Morgan fingerprint density at radius 1 is 0.806 bits per heavy atom. The van der Waals surface area contributed by atoms with Crippen molar-refractivity contribution in [2.75, 3.05) is 13.1 Å². The molecule has 36 heavy (non-hydrogen) atoms. The number of carbonyl (C=O) groups is 2. The number of aliphatic hydroxyl groups excluding tert-OH is 1. The van der Waals surface area contributed by atoms with Crippen molar-refractivity contribution in [3.05, 3.63) is 115 Å². The maximum atomic E-state index is 13.4. The van der Waals surface area contributed by atoms with E-state index in [9.17, 15) is 14.7 Å². The van der Waals surface area contributed by atoms with Gasteiger partial charge in [0.25, 0.3) is 5.91 Å². The Balaban J connectivity index is 1.68. The van der Waals surface area contributed by atoms with Crippen molar-refractivity contribution in [2.24, 2.45) is 0 Å². The molecule has 184 valence electrons. The second-order valence-electron chi connectivity index (χ2n) is 8.42. The zero-order valence-corrected chi connectivity index (χ0v) is 22.0. The van der Waals surface area contributed by atoms with Gasteiger partial charge in [-0.05, 0) is 53.1 Å². The van der Waals surface area contributed by atoms with Gasteiger partial charge < -0.3 is 10.0 Å². The molecule has 4 rings (SSSR count). The molecule has 3 aromatic rings. The minimum atomic E-state index is -1.25. The third-order valence-electron chi connectivity index (χ3n) is 5.74. The van der Waals surface area contributed by atoms with Crippen molar-refractivity contribution in [1.29, 1.82) is 0 Å². The van der Waals surface area contributed by atoms with Gasteiger partial charge in [-0.15, -0.1) is 0 Å². The van der Waals surface area contributed by atoms with Gasteiger partial charge in [0, 0.05) is 30.7 Å². The van der Waals surface area contributed by atoms with E-state index >= 15 is 0 Å². The van der Waals surface area contributed by atoms with Crippen LogP contribution in [-0.4, -0.2) is 40.9 Å². The molecule has 1 amide bonds. The Morgan fingerprint density at radius 2 is 1.31 bits per heavy atom. The molecule has 1 fully saturated rings. The number of likely N-dealkylation sites (tertiary alicyclic amines) is 1. The number of nitrogens with zero attached hydrogens (tertiary/aromatic N) is 1. The molecule has 0 radical (unpaired) electrons. The van der Waals surface area contributed by atoms with Crippen LogP contribution in [-0.2, 0) is 16.0 Å². The lowest BCUT2D eigenvalue weighted by atomic mass is 9.93. The Hall–Kier alpha value is -2.60. The van der Waals surface area contributed by atoms with Gasteiger partial charge in [-0.25, -0.2) is 0 Å². The first-order valence-corrected chi connectivity index (χ1v) is 12.6. The molecule has 0 aliphatic carbocycles. The SMILES string of the molecule is O=C1/C(=C/c2ccc(Cl)c(Cl)c2)CN(C(=O)C(O)Cc2ccccc2)C/C1=C\c1ccc(Cl)c(Cl)c1. The van der Waals surface area contributed by atoms with Gasteiger partial charge in [0.05, 0.1) is 20.1 Å². The highest BCUT2D eigenvalue weighted by Gasteiger charge is 2.32. The third kappa shape index (κ3) is 6.39. The fourth-order valence-electron chi connectivity index (χ4n) is 3.94. The maximum absolute atomic E-state index is 13.4. The molecule has 0 aromatic heterocycles. The molecule has 0 bridgehead atoms. The van der Waals surface area contributed by atoms with Gasteiger partial charge in [-0.1, -0.05) is 88.9 Å². The highest BCUT2D eigenvalue weighted by atomic mass is 35.5.